The molecule has 0 bridgehead atoms. The van der Waals surface area contributed by atoms with Gasteiger partial charge in [0, 0.05) is 11.4 Å². The molecule has 0 aliphatic heterocycles. The van der Waals surface area contributed by atoms with Crippen molar-refractivity contribution in [2.75, 3.05) is 36.1 Å². The lowest BCUT2D eigenvalue weighted by Crippen LogP contribution is -2.36. The van der Waals surface area contributed by atoms with Crippen LogP contribution in [0.3, 0.4) is 0 Å². The molecule has 0 saturated heterocycles. The van der Waals surface area contributed by atoms with Crippen molar-refractivity contribution in [1.29, 1.82) is 0 Å². The van der Waals surface area contributed by atoms with E-state index in [0.29, 0.717) is 28.4 Å². The number of anilines is 3. The van der Waals surface area contributed by atoms with Gasteiger partial charge in [-0.15, -0.1) is 0 Å². The molecule has 170 valence electrons. The lowest BCUT2D eigenvalue weighted by atomic mass is 10.1. The van der Waals surface area contributed by atoms with Crippen molar-refractivity contribution < 1.29 is 19.1 Å². The summed E-state index contributed by atoms with van der Waals surface area (Å²) in [4.78, 5) is 37.1. The minimum atomic E-state index is -0.389. The number of carbonyl (C=O) groups is 3. The van der Waals surface area contributed by atoms with Gasteiger partial charge in [-0.2, -0.15) is 0 Å². The number of nitrogens with one attached hydrogen (secondary N) is 4. The Morgan fingerprint density at radius 1 is 0.788 bits per heavy atom. The number of aryl methyl sites for hydroxylation is 1. The second kappa shape index (κ2) is 11.3. The van der Waals surface area contributed by atoms with Gasteiger partial charge in [0.2, 0.25) is 11.8 Å². The van der Waals surface area contributed by atoms with Gasteiger partial charge in [-0.1, -0.05) is 36.4 Å². The van der Waals surface area contributed by atoms with Crippen molar-refractivity contribution >= 4 is 34.8 Å². The molecule has 4 N–H and O–H groups in total. The second-order valence-electron chi connectivity index (χ2n) is 7.25. The van der Waals surface area contributed by atoms with Crippen molar-refractivity contribution in [3.05, 3.63) is 83.9 Å². The highest BCUT2D eigenvalue weighted by atomic mass is 16.5. The zero-order valence-corrected chi connectivity index (χ0v) is 18.5. The average molecular weight is 447 g/mol. The maximum absolute atomic E-state index is 12.6. The van der Waals surface area contributed by atoms with Crippen LogP contribution >= 0.6 is 0 Å². The highest BCUT2D eigenvalue weighted by Crippen LogP contribution is 2.25. The first-order chi connectivity index (χ1) is 16.0. The Kier molecular flexibility index (Phi) is 8.02. The lowest BCUT2D eigenvalue weighted by molar-refractivity contribution is -0.122. The molecule has 3 aromatic rings. The van der Waals surface area contributed by atoms with Gasteiger partial charge in [0.15, 0.2) is 0 Å². The molecule has 33 heavy (non-hydrogen) atoms. The molecule has 0 spiro atoms. The maximum atomic E-state index is 12.6. The Morgan fingerprint density at radius 3 is 2.27 bits per heavy atom. The smallest absolute Gasteiger partial charge is 0.257 e. The van der Waals surface area contributed by atoms with E-state index in [1.165, 1.54) is 7.11 Å². The highest BCUT2D eigenvalue weighted by Gasteiger charge is 2.13. The summed E-state index contributed by atoms with van der Waals surface area (Å²) >= 11 is 0. The Labute approximate surface area is 192 Å². The monoisotopic (exact) mass is 446 g/mol. The van der Waals surface area contributed by atoms with Crippen molar-refractivity contribution in [2.45, 2.75) is 6.92 Å². The molecule has 0 atom stereocenters. The molecule has 0 fully saturated rings. The summed E-state index contributed by atoms with van der Waals surface area (Å²) < 4.78 is 5.24. The first-order valence-electron chi connectivity index (χ1n) is 10.4. The molecule has 0 aromatic heterocycles. The number of amides is 3. The quantitative estimate of drug-likeness (QED) is 0.403. The normalized spacial score (nSPS) is 10.1. The van der Waals surface area contributed by atoms with Crippen molar-refractivity contribution in [3.8, 4) is 5.75 Å². The van der Waals surface area contributed by atoms with Crippen LogP contribution in [-0.2, 0) is 9.59 Å². The summed E-state index contributed by atoms with van der Waals surface area (Å²) in [5, 5.41) is 11.1. The summed E-state index contributed by atoms with van der Waals surface area (Å²) in [6.45, 7) is 1.60. The van der Waals surface area contributed by atoms with Crippen LogP contribution in [0.5, 0.6) is 5.75 Å². The van der Waals surface area contributed by atoms with E-state index >= 15 is 0 Å². The van der Waals surface area contributed by atoms with E-state index in [0.717, 1.165) is 5.56 Å². The Bertz CT molecular complexity index is 1130. The fraction of sp³-hybridized carbons (Fsp3) is 0.160. The predicted molar refractivity (Wildman–Crippen MR) is 129 cm³/mol. The standard InChI is InChI=1S/C25H26N4O4/c1-17-12-13-22(33-2)21(14-17)29-24(31)16-27-23(30)15-26-20-11-7-6-10-19(20)25(32)28-18-8-4-3-5-9-18/h3-14,26H,15-16H2,1-2H3,(H,27,30)(H,28,32)(H,29,31). The minimum Gasteiger partial charge on any atom is -0.495 e. The van der Waals surface area contributed by atoms with E-state index < -0.39 is 0 Å². The van der Waals surface area contributed by atoms with Crippen molar-refractivity contribution in [2.24, 2.45) is 0 Å². The summed E-state index contributed by atoms with van der Waals surface area (Å²) in [6.07, 6.45) is 0. The largest absolute Gasteiger partial charge is 0.495 e. The summed E-state index contributed by atoms with van der Waals surface area (Å²) in [5.41, 5.74) is 3.09. The lowest BCUT2D eigenvalue weighted by Gasteiger charge is -2.13. The number of benzene rings is 3. The first-order valence-corrected chi connectivity index (χ1v) is 10.4. The number of rotatable bonds is 9. The Hall–Kier alpha value is -4.33. The van der Waals surface area contributed by atoms with Gasteiger partial charge in [0.1, 0.15) is 5.75 Å². The van der Waals surface area contributed by atoms with Gasteiger partial charge in [-0.25, -0.2) is 0 Å². The topological polar surface area (TPSA) is 109 Å². The molecule has 8 nitrogen and oxygen atoms in total. The Balaban J connectivity index is 1.51. The van der Waals surface area contributed by atoms with Crippen LogP contribution in [-0.4, -0.2) is 37.9 Å². The van der Waals surface area contributed by atoms with Crippen LogP contribution in [0.15, 0.2) is 72.8 Å². The fourth-order valence-electron chi connectivity index (χ4n) is 3.09. The van der Waals surface area contributed by atoms with Gasteiger partial charge in [-0.05, 0) is 48.9 Å². The summed E-state index contributed by atoms with van der Waals surface area (Å²) in [5.74, 6) is -0.530. The van der Waals surface area contributed by atoms with Crippen LogP contribution in [0, 0.1) is 6.92 Å². The number of hydrogen-bond acceptors (Lipinski definition) is 5. The molecule has 0 aliphatic carbocycles. The molecule has 3 amide bonds. The van der Waals surface area contributed by atoms with Crippen LogP contribution in [0.2, 0.25) is 0 Å². The van der Waals surface area contributed by atoms with Gasteiger partial charge in [0.25, 0.3) is 5.91 Å². The van der Waals surface area contributed by atoms with E-state index in [-0.39, 0.29) is 30.8 Å². The molecule has 0 aliphatic rings. The number of carbonyl (C=O) groups excluding carboxylic acids is 3. The van der Waals surface area contributed by atoms with Gasteiger partial charge < -0.3 is 26.0 Å². The molecule has 0 heterocycles. The van der Waals surface area contributed by atoms with Crippen LogP contribution in [0.4, 0.5) is 17.1 Å². The van der Waals surface area contributed by atoms with Gasteiger partial charge >= 0.3 is 0 Å². The predicted octanol–water partition coefficient (Wildman–Crippen LogP) is 3.42. The third-order valence-electron chi connectivity index (χ3n) is 4.72. The van der Waals surface area contributed by atoms with Crippen LogP contribution < -0.4 is 26.0 Å². The maximum Gasteiger partial charge on any atom is 0.257 e. The molecule has 3 aromatic carbocycles. The molecule has 3 rings (SSSR count). The van der Waals surface area contributed by atoms with E-state index in [1.807, 2.05) is 31.2 Å². The van der Waals surface area contributed by atoms with E-state index in [1.54, 1.807) is 48.5 Å². The first kappa shape index (κ1) is 23.3. The second-order valence-corrected chi connectivity index (χ2v) is 7.25. The van der Waals surface area contributed by atoms with Crippen molar-refractivity contribution in [3.63, 3.8) is 0 Å². The van der Waals surface area contributed by atoms with E-state index in [9.17, 15) is 14.4 Å². The molecular formula is C25H26N4O4. The molecule has 8 heteroatoms. The SMILES string of the molecule is COc1ccc(C)cc1NC(=O)CNC(=O)CNc1ccccc1C(=O)Nc1ccccc1. The number of para-hydroxylation sites is 2. The molecule has 0 unspecified atom stereocenters. The molecule has 0 radical (unpaired) electrons. The average Bonchev–Trinajstić information content (AvgIpc) is 2.82. The minimum absolute atomic E-state index is 0.101. The number of ether oxygens (including phenoxy) is 1. The summed E-state index contributed by atoms with van der Waals surface area (Å²) in [7, 11) is 1.52. The number of hydrogen-bond donors (Lipinski definition) is 4. The fourth-order valence-corrected chi connectivity index (χ4v) is 3.09. The van der Waals surface area contributed by atoms with Crippen molar-refractivity contribution in [1.82, 2.24) is 5.32 Å². The number of methoxy groups -OCH3 is 1. The van der Waals surface area contributed by atoms with E-state index in [4.69, 9.17) is 4.74 Å². The molecule has 0 saturated carbocycles. The zero-order chi connectivity index (χ0) is 23.6. The third kappa shape index (κ3) is 6.83. The van der Waals surface area contributed by atoms with Crippen LogP contribution in [0.1, 0.15) is 15.9 Å². The third-order valence-corrected chi connectivity index (χ3v) is 4.72. The zero-order valence-electron chi connectivity index (χ0n) is 18.5. The summed E-state index contributed by atoms with van der Waals surface area (Å²) in [6, 6.07) is 21.4. The van der Waals surface area contributed by atoms with Crippen LogP contribution in [0.25, 0.3) is 0 Å². The van der Waals surface area contributed by atoms with E-state index in [2.05, 4.69) is 21.3 Å². The Morgan fingerprint density at radius 2 is 1.52 bits per heavy atom. The van der Waals surface area contributed by atoms with Gasteiger partial charge in [-0.3, -0.25) is 14.4 Å². The molecular weight excluding hydrogens is 420 g/mol. The van der Waals surface area contributed by atoms with Gasteiger partial charge in [0.05, 0.1) is 31.5 Å². The highest BCUT2D eigenvalue weighted by molar-refractivity contribution is 6.08.